The highest BCUT2D eigenvalue weighted by molar-refractivity contribution is 7.99. The maximum absolute atomic E-state index is 12.2. The normalized spacial score (nSPS) is 11.7. The number of alkyl halides is 3. The van der Waals surface area contributed by atoms with E-state index in [1.807, 2.05) is 6.92 Å². The van der Waals surface area contributed by atoms with Gasteiger partial charge in [0, 0.05) is 11.9 Å². The molecule has 0 aliphatic rings. The summed E-state index contributed by atoms with van der Waals surface area (Å²) in [4.78, 5) is 7.15. The first-order chi connectivity index (χ1) is 6.54. The number of nitrogens with zero attached hydrogens (tertiary/aromatic N) is 2. The zero-order valence-electron chi connectivity index (χ0n) is 7.51. The molecular formula is C8H9F3N2S. The van der Waals surface area contributed by atoms with Gasteiger partial charge in [-0.3, -0.25) is 0 Å². The highest BCUT2D eigenvalue weighted by atomic mass is 32.2. The molecule has 1 heterocycles. The smallest absolute Gasteiger partial charge is 0.231 e. The van der Waals surface area contributed by atoms with Crippen LogP contribution in [0.2, 0.25) is 0 Å². The molecule has 0 fully saturated rings. The largest absolute Gasteiger partial charge is 0.433 e. The molecule has 0 aliphatic heterocycles. The first kappa shape index (κ1) is 11.3. The molecule has 1 rings (SSSR count). The standard InChI is InChI=1S/C8H9F3N2S/c1-2-5-14-7-12-4-3-6(13-7)8(9,10)11/h3-4H,2,5H2,1H3. The summed E-state index contributed by atoms with van der Waals surface area (Å²) in [5.74, 6) is 0.724. The summed E-state index contributed by atoms with van der Waals surface area (Å²) in [7, 11) is 0. The maximum Gasteiger partial charge on any atom is 0.433 e. The number of thioether (sulfide) groups is 1. The molecule has 0 N–H and O–H groups in total. The summed E-state index contributed by atoms with van der Waals surface area (Å²) in [5, 5.41) is 0.182. The molecule has 0 aliphatic carbocycles. The molecule has 0 spiro atoms. The average Bonchev–Trinajstić information content (AvgIpc) is 2.14. The molecule has 1 aromatic heterocycles. The predicted molar refractivity (Wildman–Crippen MR) is 48.0 cm³/mol. The van der Waals surface area contributed by atoms with Gasteiger partial charge in [0.05, 0.1) is 0 Å². The molecule has 6 heteroatoms. The quantitative estimate of drug-likeness (QED) is 0.580. The zero-order valence-corrected chi connectivity index (χ0v) is 8.32. The van der Waals surface area contributed by atoms with Crippen molar-refractivity contribution < 1.29 is 13.2 Å². The van der Waals surface area contributed by atoms with Crippen molar-refractivity contribution in [1.29, 1.82) is 0 Å². The lowest BCUT2D eigenvalue weighted by Gasteiger charge is -2.05. The molecule has 0 amide bonds. The minimum absolute atomic E-state index is 0.182. The second-order valence-corrected chi connectivity index (χ2v) is 3.63. The van der Waals surface area contributed by atoms with Crippen LogP contribution in [0.1, 0.15) is 19.0 Å². The summed E-state index contributed by atoms with van der Waals surface area (Å²) in [6.45, 7) is 1.95. The number of halogens is 3. The van der Waals surface area contributed by atoms with Gasteiger partial charge in [0.25, 0.3) is 0 Å². The van der Waals surface area contributed by atoms with E-state index in [4.69, 9.17) is 0 Å². The molecule has 78 valence electrons. The first-order valence-electron chi connectivity index (χ1n) is 4.07. The summed E-state index contributed by atoms with van der Waals surface area (Å²) in [6, 6.07) is 0.871. The van der Waals surface area contributed by atoms with E-state index >= 15 is 0 Å². The Labute approximate surface area is 84.0 Å². The topological polar surface area (TPSA) is 25.8 Å². The van der Waals surface area contributed by atoms with Crippen LogP contribution in [0.3, 0.4) is 0 Å². The van der Waals surface area contributed by atoms with Crippen molar-refractivity contribution in [2.75, 3.05) is 5.75 Å². The Balaban J connectivity index is 2.79. The lowest BCUT2D eigenvalue weighted by atomic mass is 10.4. The Bertz CT molecular complexity index is 301. The highest BCUT2D eigenvalue weighted by Gasteiger charge is 2.32. The van der Waals surface area contributed by atoms with Gasteiger partial charge >= 0.3 is 6.18 Å². The molecule has 0 radical (unpaired) electrons. The fraction of sp³-hybridized carbons (Fsp3) is 0.500. The number of rotatable bonds is 3. The van der Waals surface area contributed by atoms with Gasteiger partial charge in [-0.05, 0) is 12.5 Å². The minimum Gasteiger partial charge on any atom is -0.231 e. The average molecular weight is 222 g/mol. The third-order valence-corrected chi connectivity index (χ3v) is 2.43. The van der Waals surface area contributed by atoms with Crippen LogP contribution in [0, 0.1) is 0 Å². The minimum atomic E-state index is -4.38. The van der Waals surface area contributed by atoms with Gasteiger partial charge in [-0.25, -0.2) is 9.97 Å². The maximum atomic E-state index is 12.2. The predicted octanol–water partition coefficient (Wildman–Crippen LogP) is 3.00. The van der Waals surface area contributed by atoms with Crippen LogP contribution in [0.25, 0.3) is 0 Å². The first-order valence-corrected chi connectivity index (χ1v) is 5.05. The molecular weight excluding hydrogens is 213 g/mol. The van der Waals surface area contributed by atoms with E-state index in [2.05, 4.69) is 9.97 Å². The molecule has 14 heavy (non-hydrogen) atoms. The molecule has 2 nitrogen and oxygen atoms in total. The van der Waals surface area contributed by atoms with Gasteiger partial charge < -0.3 is 0 Å². The Morgan fingerprint density at radius 1 is 1.43 bits per heavy atom. The number of aromatic nitrogens is 2. The summed E-state index contributed by atoms with van der Waals surface area (Å²) in [6.07, 6.45) is -2.37. The number of hydrogen-bond donors (Lipinski definition) is 0. The van der Waals surface area contributed by atoms with Gasteiger partial charge in [0.1, 0.15) is 5.69 Å². The molecule has 0 saturated carbocycles. The van der Waals surface area contributed by atoms with E-state index in [1.54, 1.807) is 0 Å². The van der Waals surface area contributed by atoms with Crippen LogP contribution < -0.4 is 0 Å². The van der Waals surface area contributed by atoms with E-state index in [-0.39, 0.29) is 5.16 Å². The van der Waals surface area contributed by atoms with Gasteiger partial charge in [0.15, 0.2) is 5.16 Å². The van der Waals surface area contributed by atoms with Crippen molar-refractivity contribution in [1.82, 2.24) is 9.97 Å². The Morgan fingerprint density at radius 3 is 2.71 bits per heavy atom. The summed E-state index contributed by atoms with van der Waals surface area (Å²) >= 11 is 1.23. The Hall–Kier alpha value is -0.780. The van der Waals surface area contributed by atoms with Crippen molar-refractivity contribution in [2.45, 2.75) is 24.7 Å². The fourth-order valence-corrected chi connectivity index (χ4v) is 1.45. The van der Waals surface area contributed by atoms with Gasteiger partial charge in [0.2, 0.25) is 0 Å². The van der Waals surface area contributed by atoms with E-state index < -0.39 is 11.9 Å². The molecule has 0 unspecified atom stereocenters. The lowest BCUT2D eigenvalue weighted by molar-refractivity contribution is -0.141. The van der Waals surface area contributed by atoms with E-state index in [0.29, 0.717) is 0 Å². The van der Waals surface area contributed by atoms with Crippen molar-refractivity contribution >= 4 is 11.8 Å². The highest BCUT2D eigenvalue weighted by Crippen LogP contribution is 2.28. The second-order valence-electron chi connectivity index (χ2n) is 2.57. The van der Waals surface area contributed by atoms with Crippen LogP contribution in [-0.4, -0.2) is 15.7 Å². The summed E-state index contributed by atoms with van der Waals surface area (Å²) < 4.78 is 36.6. The van der Waals surface area contributed by atoms with Crippen LogP contribution in [-0.2, 0) is 6.18 Å². The van der Waals surface area contributed by atoms with Gasteiger partial charge in [-0.15, -0.1) is 0 Å². The van der Waals surface area contributed by atoms with Gasteiger partial charge in [-0.1, -0.05) is 18.7 Å². The Kier molecular flexibility index (Phi) is 3.74. The van der Waals surface area contributed by atoms with E-state index in [9.17, 15) is 13.2 Å². The third-order valence-electron chi connectivity index (χ3n) is 1.36. The molecule has 0 aromatic carbocycles. The fourth-order valence-electron chi connectivity index (χ4n) is 0.762. The van der Waals surface area contributed by atoms with Crippen molar-refractivity contribution in [2.24, 2.45) is 0 Å². The molecule has 0 atom stereocenters. The van der Waals surface area contributed by atoms with Gasteiger partial charge in [-0.2, -0.15) is 13.2 Å². The monoisotopic (exact) mass is 222 g/mol. The van der Waals surface area contributed by atoms with Crippen LogP contribution in [0.15, 0.2) is 17.4 Å². The zero-order chi connectivity index (χ0) is 10.6. The Morgan fingerprint density at radius 2 is 2.14 bits per heavy atom. The molecule has 0 bridgehead atoms. The number of hydrogen-bond acceptors (Lipinski definition) is 3. The van der Waals surface area contributed by atoms with Crippen molar-refractivity contribution in [3.05, 3.63) is 18.0 Å². The van der Waals surface area contributed by atoms with E-state index in [1.165, 1.54) is 11.8 Å². The van der Waals surface area contributed by atoms with Crippen LogP contribution in [0.5, 0.6) is 0 Å². The molecule has 0 saturated heterocycles. The lowest BCUT2D eigenvalue weighted by Crippen LogP contribution is -2.08. The second kappa shape index (κ2) is 4.63. The molecule has 1 aromatic rings. The van der Waals surface area contributed by atoms with E-state index in [0.717, 1.165) is 24.4 Å². The van der Waals surface area contributed by atoms with Crippen molar-refractivity contribution in [3.8, 4) is 0 Å². The third kappa shape index (κ3) is 3.17. The van der Waals surface area contributed by atoms with Crippen LogP contribution in [0.4, 0.5) is 13.2 Å². The van der Waals surface area contributed by atoms with Crippen LogP contribution >= 0.6 is 11.8 Å². The summed E-state index contributed by atoms with van der Waals surface area (Å²) in [5.41, 5.74) is -0.883. The van der Waals surface area contributed by atoms with Crippen molar-refractivity contribution in [3.63, 3.8) is 0 Å². The SMILES string of the molecule is CCCSc1nccc(C(F)(F)F)n1.